The van der Waals surface area contributed by atoms with Crippen LogP contribution in [-0.2, 0) is 0 Å². The molecule has 0 saturated heterocycles. The summed E-state index contributed by atoms with van der Waals surface area (Å²) in [4.78, 5) is 1.37. The van der Waals surface area contributed by atoms with Gasteiger partial charge in [-0.2, -0.15) is 0 Å². The van der Waals surface area contributed by atoms with E-state index in [4.69, 9.17) is 0 Å². The summed E-state index contributed by atoms with van der Waals surface area (Å²) >= 11 is 5.53. The van der Waals surface area contributed by atoms with Crippen molar-refractivity contribution in [2.75, 3.05) is 6.26 Å². The van der Waals surface area contributed by atoms with E-state index in [0.717, 1.165) is 0 Å². The summed E-state index contributed by atoms with van der Waals surface area (Å²) in [6.07, 6.45) is 2.13. The van der Waals surface area contributed by atoms with E-state index in [1.165, 1.54) is 19.5 Å². The standard InChI is InChI=1S/C11H11S3/c1-8-3-5-9(6-4-8)10-7-13-11(12-2)14-10/h3-7H,1-2H3/q+1. The molecule has 0 aliphatic carbocycles. The molecule has 0 nitrogen and oxygen atoms in total. The van der Waals surface area contributed by atoms with Crippen molar-refractivity contribution in [3.63, 3.8) is 0 Å². The van der Waals surface area contributed by atoms with E-state index in [9.17, 15) is 0 Å². The number of hydrogen-bond acceptors (Lipinski definition) is 2. The Kier molecular flexibility index (Phi) is 3.21. The van der Waals surface area contributed by atoms with Crippen LogP contribution in [0.15, 0.2) is 33.2 Å². The van der Waals surface area contributed by atoms with Crippen molar-refractivity contribution >= 4 is 34.4 Å². The Hall–Kier alpha value is -0.380. The van der Waals surface area contributed by atoms with E-state index in [0.29, 0.717) is 0 Å². The lowest BCUT2D eigenvalue weighted by Gasteiger charge is -1.92. The summed E-state index contributed by atoms with van der Waals surface area (Å²) in [5.41, 5.74) is 2.65. The predicted molar refractivity (Wildman–Crippen MR) is 68.6 cm³/mol. The van der Waals surface area contributed by atoms with Crippen LogP contribution < -0.4 is 0 Å². The number of rotatable bonds is 2. The quantitative estimate of drug-likeness (QED) is 0.536. The second kappa shape index (κ2) is 4.43. The normalized spacial score (nSPS) is 10.4. The zero-order valence-corrected chi connectivity index (χ0v) is 10.6. The molecule has 1 heterocycles. The van der Waals surface area contributed by atoms with Crippen LogP contribution >= 0.6 is 34.4 Å². The highest BCUT2D eigenvalue weighted by molar-refractivity contribution is 8.02. The van der Waals surface area contributed by atoms with Gasteiger partial charge >= 0.3 is 3.52 Å². The van der Waals surface area contributed by atoms with Gasteiger partial charge in [-0.3, -0.25) is 0 Å². The Bertz CT molecular complexity index is 414. The van der Waals surface area contributed by atoms with Gasteiger partial charge in [-0.05, 0) is 13.2 Å². The maximum atomic E-state index is 2.24. The summed E-state index contributed by atoms with van der Waals surface area (Å²) < 4.78 is 1.42. The first-order valence-electron chi connectivity index (χ1n) is 4.32. The smallest absolute Gasteiger partial charge is 0.0591 e. The SMILES string of the molecule is CSc1sc(-c2ccc(C)cc2)c[s+]1. The predicted octanol–water partition coefficient (Wildman–Crippen LogP) is 4.79. The lowest BCUT2D eigenvalue weighted by molar-refractivity contribution is 1.48. The molecule has 3 heteroatoms. The van der Waals surface area contributed by atoms with E-state index in [2.05, 4.69) is 42.8 Å². The van der Waals surface area contributed by atoms with Crippen LogP contribution in [0.1, 0.15) is 5.56 Å². The first-order valence-corrected chi connectivity index (χ1v) is 7.24. The third kappa shape index (κ3) is 2.16. The summed E-state index contributed by atoms with van der Waals surface area (Å²) in [5, 5.41) is 2.24. The van der Waals surface area contributed by atoms with Crippen LogP contribution in [0.5, 0.6) is 0 Å². The second-order valence-electron chi connectivity index (χ2n) is 3.02. The number of benzene rings is 1. The Morgan fingerprint density at radius 2 is 1.93 bits per heavy atom. The molecule has 0 saturated carbocycles. The van der Waals surface area contributed by atoms with Gasteiger partial charge in [0.05, 0.1) is 11.3 Å². The van der Waals surface area contributed by atoms with Crippen molar-refractivity contribution in [1.29, 1.82) is 0 Å². The van der Waals surface area contributed by atoms with E-state index in [1.54, 1.807) is 0 Å². The molecule has 0 aliphatic heterocycles. The highest BCUT2D eigenvalue weighted by Crippen LogP contribution is 2.36. The van der Waals surface area contributed by atoms with Crippen LogP contribution in [0, 0.1) is 6.92 Å². The van der Waals surface area contributed by atoms with Crippen molar-refractivity contribution in [1.82, 2.24) is 0 Å². The Morgan fingerprint density at radius 3 is 2.50 bits per heavy atom. The van der Waals surface area contributed by atoms with Crippen LogP contribution in [-0.4, -0.2) is 6.26 Å². The van der Waals surface area contributed by atoms with Crippen molar-refractivity contribution in [2.45, 2.75) is 10.4 Å². The molecule has 0 fully saturated rings. The Morgan fingerprint density at radius 1 is 1.21 bits per heavy atom. The van der Waals surface area contributed by atoms with Crippen LogP contribution in [0.4, 0.5) is 0 Å². The van der Waals surface area contributed by atoms with Crippen LogP contribution in [0.3, 0.4) is 0 Å². The highest BCUT2D eigenvalue weighted by atomic mass is 32.2. The minimum absolute atomic E-state index is 1.32. The van der Waals surface area contributed by atoms with Gasteiger partial charge in [0.2, 0.25) is 0 Å². The van der Waals surface area contributed by atoms with E-state index < -0.39 is 0 Å². The van der Waals surface area contributed by atoms with E-state index in [-0.39, 0.29) is 0 Å². The third-order valence-electron chi connectivity index (χ3n) is 1.96. The van der Waals surface area contributed by atoms with Gasteiger partial charge in [0, 0.05) is 5.56 Å². The molecule has 0 amide bonds. The molecule has 0 atom stereocenters. The maximum Gasteiger partial charge on any atom is 0.312 e. The zero-order valence-electron chi connectivity index (χ0n) is 8.11. The molecule has 72 valence electrons. The lowest BCUT2D eigenvalue weighted by Crippen LogP contribution is -1.72. The van der Waals surface area contributed by atoms with Gasteiger partial charge in [-0.15, -0.1) is 0 Å². The fourth-order valence-corrected chi connectivity index (χ4v) is 4.02. The summed E-state index contributed by atoms with van der Waals surface area (Å²) in [7, 11) is 0. The molecular weight excluding hydrogens is 228 g/mol. The minimum Gasteiger partial charge on any atom is -0.0591 e. The van der Waals surface area contributed by atoms with Gasteiger partial charge < -0.3 is 0 Å². The highest BCUT2D eigenvalue weighted by Gasteiger charge is 2.13. The molecule has 0 bridgehead atoms. The third-order valence-corrected chi connectivity index (χ3v) is 5.80. The lowest BCUT2D eigenvalue weighted by atomic mass is 10.1. The molecule has 0 unspecified atom stereocenters. The molecule has 1 aromatic heterocycles. The number of hydrogen-bond donors (Lipinski definition) is 0. The van der Waals surface area contributed by atoms with Crippen molar-refractivity contribution in [3.05, 3.63) is 35.2 Å². The molecule has 14 heavy (non-hydrogen) atoms. The summed E-state index contributed by atoms with van der Waals surface area (Å²) in [6.45, 7) is 2.12. The fraction of sp³-hybridized carbons (Fsp3) is 0.182. The second-order valence-corrected chi connectivity index (χ2v) is 6.55. The largest absolute Gasteiger partial charge is 0.312 e. The first kappa shape index (κ1) is 10.1. The maximum absolute atomic E-state index is 2.24. The van der Waals surface area contributed by atoms with E-state index >= 15 is 0 Å². The monoisotopic (exact) mass is 239 g/mol. The van der Waals surface area contributed by atoms with Gasteiger partial charge in [0.1, 0.15) is 16.7 Å². The Labute approximate surface area is 96.6 Å². The van der Waals surface area contributed by atoms with Crippen LogP contribution in [0.2, 0.25) is 0 Å². The van der Waals surface area contributed by atoms with Crippen molar-refractivity contribution in [2.24, 2.45) is 0 Å². The average Bonchev–Trinajstić information content (AvgIpc) is 2.67. The minimum atomic E-state index is 1.32. The topological polar surface area (TPSA) is 0 Å². The van der Waals surface area contributed by atoms with Crippen LogP contribution in [0.25, 0.3) is 10.4 Å². The summed E-state index contributed by atoms with van der Waals surface area (Å²) in [5.74, 6) is 0. The van der Waals surface area contributed by atoms with Crippen molar-refractivity contribution in [3.8, 4) is 10.4 Å². The zero-order chi connectivity index (χ0) is 9.97. The molecule has 1 aromatic carbocycles. The molecule has 0 N–H and O–H groups in total. The molecule has 0 radical (unpaired) electrons. The van der Waals surface area contributed by atoms with Gasteiger partial charge in [-0.1, -0.05) is 41.6 Å². The van der Waals surface area contributed by atoms with Crippen molar-refractivity contribution < 1.29 is 0 Å². The van der Waals surface area contributed by atoms with Gasteiger partial charge in [-0.25, -0.2) is 0 Å². The molecule has 2 aromatic rings. The number of aryl methyl sites for hydroxylation is 1. The van der Waals surface area contributed by atoms with Gasteiger partial charge in [0.15, 0.2) is 4.88 Å². The molecule has 0 aliphatic rings. The van der Waals surface area contributed by atoms with E-state index in [1.807, 2.05) is 34.4 Å². The number of thioether (sulfide) groups is 1. The molecule has 0 spiro atoms. The van der Waals surface area contributed by atoms with Gasteiger partial charge in [0.25, 0.3) is 0 Å². The first-order chi connectivity index (χ1) is 6.79. The Balaban J connectivity index is 2.34. The molecule has 2 rings (SSSR count). The molecular formula is C11H11S3+. The fourth-order valence-electron chi connectivity index (χ4n) is 1.17. The average molecular weight is 239 g/mol. The summed E-state index contributed by atoms with van der Waals surface area (Å²) in [6, 6.07) is 8.72.